The maximum atomic E-state index is 12.5. The number of ether oxygens (including phenoxy) is 1. The second-order valence-electron chi connectivity index (χ2n) is 7.85. The van der Waals surface area contributed by atoms with E-state index >= 15 is 0 Å². The number of carbonyl (C=O) groups is 3. The summed E-state index contributed by atoms with van der Waals surface area (Å²) in [6.07, 6.45) is 1.41. The summed E-state index contributed by atoms with van der Waals surface area (Å²) in [7, 11) is 0. The van der Waals surface area contributed by atoms with E-state index in [0.29, 0.717) is 18.6 Å². The fraction of sp³-hybridized carbons (Fsp3) is 0.400. The highest BCUT2D eigenvalue weighted by molar-refractivity contribution is 5.96. The number of hydrogen-bond donors (Lipinski definition) is 2. The van der Waals surface area contributed by atoms with Crippen molar-refractivity contribution >= 4 is 29.2 Å². The third-order valence-electron chi connectivity index (χ3n) is 5.57. The Morgan fingerprint density at radius 1 is 1.06 bits per heavy atom. The molecule has 1 aliphatic heterocycles. The molecule has 0 aromatic heterocycles. The van der Waals surface area contributed by atoms with E-state index < -0.39 is 0 Å². The van der Waals surface area contributed by atoms with Gasteiger partial charge in [-0.3, -0.25) is 14.4 Å². The highest BCUT2D eigenvalue weighted by Crippen LogP contribution is 2.39. The Hall–Kier alpha value is -3.35. The molecule has 32 heavy (non-hydrogen) atoms. The van der Waals surface area contributed by atoms with Crippen molar-refractivity contribution in [2.75, 3.05) is 23.4 Å². The molecule has 1 aliphatic rings. The minimum atomic E-state index is -0.325. The number of hydrogen-bond acceptors (Lipinski definition) is 5. The molecule has 170 valence electrons. The summed E-state index contributed by atoms with van der Waals surface area (Å²) in [4.78, 5) is 38.1. The van der Waals surface area contributed by atoms with Crippen molar-refractivity contribution < 1.29 is 19.1 Å². The zero-order valence-electron chi connectivity index (χ0n) is 18.9. The van der Waals surface area contributed by atoms with Gasteiger partial charge >= 0.3 is 5.97 Å². The zero-order valence-corrected chi connectivity index (χ0v) is 18.9. The van der Waals surface area contributed by atoms with Gasteiger partial charge in [0, 0.05) is 35.9 Å². The van der Waals surface area contributed by atoms with Gasteiger partial charge in [0.2, 0.25) is 5.91 Å². The minimum Gasteiger partial charge on any atom is -0.466 e. The van der Waals surface area contributed by atoms with Gasteiger partial charge in [-0.05, 0) is 56.2 Å². The van der Waals surface area contributed by atoms with Gasteiger partial charge in [-0.25, -0.2) is 0 Å². The third-order valence-corrected chi connectivity index (χ3v) is 5.57. The Kier molecular flexibility index (Phi) is 7.87. The molecule has 3 rings (SSSR count). The van der Waals surface area contributed by atoms with Crippen LogP contribution in [0.1, 0.15) is 62.0 Å². The molecule has 2 aromatic carbocycles. The number of esters is 1. The van der Waals surface area contributed by atoms with Gasteiger partial charge in [-0.2, -0.15) is 0 Å². The van der Waals surface area contributed by atoms with Gasteiger partial charge in [0.25, 0.3) is 5.91 Å². The Bertz CT molecular complexity index is 958. The van der Waals surface area contributed by atoms with Crippen LogP contribution in [-0.4, -0.2) is 37.0 Å². The molecule has 2 amide bonds. The summed E-state index contributed by atoms with van der Waals surface area (Å²) in [6, 6.07) is 15.4. The second-order valence-corrected chi connectivity index (χ2v) is 7.85. The van der Waals surface area contributed by atoms with Gasteiger partial charge < -0.3 is 20.3 Å². The largest absolute Gasteiger partial charge is 0.466 e. The van der Waals surface area contributed by atoms with Crippen molar-refractivity contribution in [3.05, 3.63) is 59.7 Å². The maximum absolute atomic E-state index is 12.5. The summed E-state index contributed by atoms with van der Waals surface area (Å²) < 4.78 is 4.86. The number of fused-ring (bicyclic) bond motifs is 1. The van der Waals surface area contributed by atoms with Crippen LogP contribution in [0.15, 0.2) is 48.5 Å². The summed E-state index contributed by atoms with van der Waals surface area (Å²) in [6.45, 7) is 6.28. The van der Waals surface area contributed by atoms with Gasteiger partial charge in [0.15, 0.2) is 0 Å². The highest BCUT2D eigenvalue weighted by atomic mass is 16.5. The van der Waals surface area contributed by atoms with E-state index in [-0.39, 0.29) is 42.8 Å². The number of para-hydroxylation sites is 1. The van der Waals surface area contributed by atoms with Crippen molar-refractivity contribution in [2.24, 2.45) is 0 Å². The van der Waals surface area contributed by atoms with Crippen LogP contribution >= 0.6 is 0 Å². The summed E-state index contributed by atoms with van der Waals surface area (Å²) in [5.74, 6) is -0.429. The smallest absolute Gasteiger partial charge is 0.307 e. The molecular formula is C25H31N3O4. The SMILES string of the molecule is CCOC(=O)CCNC(=O)c1ccc(N[C@@H]2C[C@H](C)N(C(=O)CC)c3ccccc32)cc1. The highest BCUT2D eigenvalue weighted by Gasteiger charge is 2.32. The molecule has 7 heteroatoms. The van der Waals surface area contributed by atoms with Crippen LogP contribution in [0.4, 0.5) is 11.4 Å². The summed E-state index contributed by atoms with van der Waals surface area (Å²) >= 11 is 0. The Balaban J connectivity index is 1.65. The predicted octanol–water partition coefficient (Wildman–Crippen LogP) is 4.06. The molecule has 0 aliphatic carbocycles. The molecule has 2 aromatic rings. The normalized spacial score (nSPS) is 17.3. The number of anilines is 2. The summed E-state index contributed by atoms with van der Waals surface area (Å²) in [5, 5.41) is 6.28. The molecule has 2 atom stereocenters. The van der Waals surface area contributed by atoms with Crippen molar-refractivity contribution in [1.29, 1.82) is 0 Å². The number of nitrogens with one attached hydrogen (secondary N) is 2. The minimum absolute atomic E-state index is 0.0614. The van der Waals surface area contributed by atoms with Crippen LogP contribution in [0.5, 0.6) is 0 Å². The Morgan fingerprint density at radius 2 is 1.78 bits per heavy atom. The number of carbonyl (C=O) groups excluding carboxylic acids is 3. The van der Waals surface area contributed by atoms with Crippen molar-refractivity contribution in [2.45, 2.75) is 52.1 Å². The lowest BCUT2D eigenvalue weighted by Gasteiger charge is -2.40. The molecule has 0 saturated carbocycles. The number of nitrogens with zero attached hydrogens (tertiary/aromatic N) is 1. The first kappa shape index (κ1) is 23.3. The van der Waals surface area contributed by atoms with Crippen LogP contribution in [-0.2, 0) is 14.3 Å². The van der Waals surface area contributed by atoms with Gasteiger partial charge in [0.1, 0.15) is 0 Å². The molecular weight excluding hydrogens is 406 g/mol. The third kappa shape index (κ3) is 5.46. The lowest BCUT2D eigenvalue weighted by atomic mass is 9.91. The first-order valence-corrected chi connectivity index (χ1v) is 11.2. The summed E-state index contributed by atoms with van der Waals surface area (Å²) in [5.41, 5.74) is 3.47. The molecule has 2 N–H and O–H groups in total. The lowest BCUT2D eigenvalue weighted by molar-refractivity contribution is -0.142. The topological polar surface area (TPSA) is 87.7 Å². The standard InChI is InChI=1S/C25H31N3O4/c1-4-23(29)28-17(3)16-21(20-8-6-7-9-22(20)28)27-19-12-10-18(11-13-19)25(31)26-15-14-24(30)32-5-2/h6-13,17,21,27H,4-5,14-16H2,1-3H3,(H,26,31)/t17-,21+/m0/s1. The van der Waals surface area contributed by atoms with E-state index in [1.54, 1.807) is 19.1 Å². The second kappa shape index (κ2) is 10.8. The molecule has 0 unspecified atom stereocenters. The Morgan fingerprint density at radius 3 is 2.47 bits per heavy atom. The molecule has 7 nitrogen and oxygen atoms in total. The zero-order chi connectivity index (χ0) is 23.1. The van der Waals surface area contributed by atoms with Crippen molar-refractivity contribution in [3.8, 4) is 0 Å². The van der Waals surface area contributed by atoms with E-state index in [4.69, 9.17) is 4.74 Å². The molecule has 0 saturated heterocycles. The van der Waals surface area contributed by atoms with Crippen LogP contribution in [0.25, 0.3) is 0 Å². The van der Waals surface area contributed by atoms with E-state index in [0.717, 1.165) is 23.4 Å². The number of amides is 2. The molecule has 0 bridgehead atoms. The van der Waals surface area contributed by atoms with E-state index in [1.807, 2.05) is 42.2 Å². The van der Waals surface area contributed by atoms with Gasteiger partial charge in [-0.1, -0.05) is 25.1 Å². The average molecular weight is 438 g/mol. The average Bonchev–Trinajstić information content (AvgIpc) is 2.79. The fourth-order valence-corrected chi connectivity index (χ4v) is 4.03. The first-order valence-electron chi connectivity index (χ1n) is 11.2. The monoisotopic (exact) mass is 437 g/mol. The van der Waals surface area contributed by atoms with Gasteiger partial charge in [-0.15, -0.1) is 0 Å². The van der Waals surface area contributed by atoms with Gasteiger partial charge in [0.05, 0.1) is 19.1 Å². The molecule has 0 fully saturated rings. The van der Waals surface area contributed by atoms with Crippen LogP contribution in [0.3, 0.4) is 0 Å². The maximum Gasteiger partial charge on any atom is 0.307 e. The van der Waals surface area contributed by atoms with E-state index in [1.165, 1.54) is 0 Å². The lowest BCUT2D eigenvalue weighted by Crippen LogP contribution is -2.44. The van der Waals surface area contributed by atoms with Crippen molar-refractivity contribution in [3.63, 3.8) is 0 Å². The molecule has 1 heterocycles. The van der Waals surface area contributed by atoms with Crippen LogP contribution in [0, 0.1) is 0 Å². The van der Waals surface area contributed by atoms with Crippen LogP contribution in [0.2, 0.25) is 0 Å². The fourth-order valence-electron chi connectivity index (χ4n) is 4.03. The number of rotatable bonds is 8. The quantitative estimate of drug-likeness (QED) is 0.608. The van der Waals surface area contributed by atoms with Crippen LogP contribution < -0.4 is 15.5 Å². The van der Waals surface area contributed by atoms with Crippen molar-refractivity contribution in [1.82, 2.24) is 5.32 Å². The molecule has 0 spiro atoms. The molecule has 0 radical (unpaired) electrons. The van der Waals surface area contributed by atoms with E-state index in [9.17, 15) is 14.4 Å². The predicted molar refractivity (Wildman–Crippen MR) is 125 cm³/mol. The Labute approximate surface area is 189 Å². The first-order chi connectivity index (χ1) is 15.4. The number of benzene rings is 2. The van der Waals surface area contributed by atoms with E-state index in [2.05, 4.69) is 23.6 Å².